The van der Waals surface area contributed by atoms with Crippen LogP contribution in [0.15, 0.2) is 48.5 Å². The Morgan fingerprint density at radius 3 is 2.00 bits per heavy atom. The first-order chi connectivity index (χ1) is 15.4. The maximum Gasteiger partial charge on any atom is 0.416 e. The molecule has 1 aliphatic heterocycles. The minimum absolute atomic E-state index is 0.0824. The summed E-state index contributed by atoms with van der Waals surface area (Å²) in [4.78, 5) is 11.1. The molecule has 0 unspecified atom stereocenters. The van der Waals surface area contributed by atoms with Crippen molar-refractivity contribution in [2.24, 2.45) is 5.73 Å². The van der Waals surface area contributed by atoms with E-state index in [9.17, 15) is 31.1 Å². The number of primary amides is 1. The monoisotopic (exact) mass is 475 g/mol. The van der Waals surface area contributed by atoms with Crippen molar-refractivity contribution in [1.29, 1.82) is 0 Å². The molecule has 0 spiro atoms. The standard InChI is InChI=1S/C22H23F6N3O2/c23-21(24,25)17-10-15(11-18(12-17)22(26,27)28)13-33-14-20(16-4-2-1-3-5-16)6-8-31(9-7-20)30-19(29)32/h1-5,10-12H,6-9,13-14H2,(H3,29,30,32). The molecule has 1 fully saturated rings. The maximum absolute atomic E-state index is 13.1. The van der Waals surface area contributed by atoms with E-state index in [1.165, 1.54) is 0 Å². The van der Waals surface area contributed by atoms with Crippen molar-refractivity contribution < 1.29 is 35.9 Å². The van der Waals surface area contributed by atoms with Crippen molar-refractivity contribution in [1.82, 2.24) is 10.4 Å². The number of urea groups is 1. The Bertz CT molecular complexity index is 923. The SMILES string of the molecule is NC(=O)NN1CCC(COCc2cc(C(F)(F)F)cc(C(F)(F)F)c2)(c2ccccc2)CC1. The number of nitrogens with two attached hydrogens (primary N) is 1. The highest BCUT2D eigenvalue weighted by atomic mass is 19.4. The molecule has 180 valence electrons. The van der Waals surface area contributed by atoms with Gasteiger partial charge in [0, 0.05) is 18.5 Å². The Morgan fingerprint density at radius 2 is 1.52 bits per heavy atom. The molecule has 1 saturated heterocycles. The van der Waals surface area contributed by atoms with Gasteiger partial charge in [0.2, 0.25) is 0 Å². The molecule has 3 rings (SSSR count). The molecule has 0 bridgehead atoms. The highest BCUT2D eigenvalue weighted by Crippen LogP contribution is 2.38. The normalized spacial score (nSPS) is 17.0. The Hall–Kier alpha value is -2.79. The summed E-state index contributed by atoms with van der Waals surface area (Å²) in [6.45, 7) is 0.565. The van der Waals surface area contributed by atoms with E-state index in [4.69, 9.17) is 10.5 Å². The number of amides is 2. The second-order valence-corrected chi connectivity index (χ2v) is 8.02. The Morgan fingerprint density at radius 1 is 0.970 bits per heavy atom. The zero-order chi connectivity index (χ0) is 24.3. The predicted molar refractivity (Wildman–Crippen MR) is 108 cm³/mol. The topological polar surface area (TPSA) is 67.6 Å². The van der Waals surface area contributed by atoms with Crippen LogP contribution in [0.1, 0.15) is 35.1 Å². The molecule has 0 radical (unpaired) electrons. The second kappa shape index (κ2) is 9.60. The number of nitrogens with one attached hydrogen (secondary N) is 1. The van der Waals surface area contributed by atoms with Crippen LogP contribution in [0.5, 0.6) is 0 Å². The largest absolute Gasteiger partial charge is 0.416 e. The van der Waals surface area contributed by atoms with Crippen LogP contribution >= 0.6 is 0 Å². The molecule has 1 heterocycles. The van der Waals surface area contributed by atoms with E-state index >= 15 is 0 Å². The molecule has 2 amide bonds. The van der Waals surface area contributed by atoms with Crippen molar-refractivity contribution in [3.05, 3.63) is 70.8 Å². The van der Waals surface area contributed by atoms with Crippen LogP contribution in [0.3, 0.4) is 0 Å². The van der Waals surface area contributed by atoms with Gasteiger partial charge in [0.25, 0.3) is 0 Å². The summed E-state index contributed by atoms with van der Waals surface area (Å²) in [7, 11) is 0. The fourth-order valence-corrected chi connectivity index (χ4v) is 3.98. The van der Waals surface area contributed by atoms with Gasteiger partial charge in [0.05, 0.1) is 24.3 Å². The Labute approximate surface area is 186 Å². The third kappa shape index (κ3) is 6.38. The number of carbonyl (C=O) groups is 1. The van der Waals surface area contributed by atoms with Gasteiger partial charge in [-0.1, -0.05) is 30.3 Å². The van der Waals surface area contributed by atoms with Crippen molar-refractivity contribution in [2.45, 2.75) is 37.2 Å². The lowest BCUT2D eigenvalue weighted by Gasteiger charge is -2.41. The first-order valence-corrected chi connectivity index (χ1v) is 10.1. The number of alkyl halides is 6. The zero-order valence-electron chi connectivity index (χ0n) is 17.5. The summed E-state index contributed by atoms with van der Waals surface area (Å²) in [5, 5.41) is 1.66. The van der Waals surface area contributed by atoms with Gasteiger partial charge < -0.3 is 10.5 Å². The van der Waals surface area contributed by atoms with Crippen LogP contribution in [0.2, 0.25) is 0 Å². The average Bonchev–Trinajstić information content (AvgIpc) is 2.74. The van der Waals surface area contributed by atoms with Gasteiger partial charge in [-0.15, -0.1) is 0 Å². The number of hydrazine groups is 1. The van der Waals surface area contributed by atoms with Crippen LogP contribution in [0.4, 0.5) is 31.1 Å². The minimum Gasteiger partial charge on any atom is -0.376 e. The van der Waals surface area contributed by atoms with E-state index in [0.29, 0.717) is 38.1 Å². The van der Waals surface area contributed by atoms with Crippen molar-refractivity contribution in [2.75, 3.05) is 19.7 Å². The van der Waals surface area contributed by atoms with Crippen molar-refractivity contribution >= 4 is 6.03 Å². The fraction of sp³-hybridized carbons (Fsp3) is 0.409. The average molecular weight is 475 g/mol. The number of hydrogen-bond acceptors (Lipinski definition) is 3. The second-order valence-electron chi connectivity index (χ2n) is 8.02. The Kier molecular flexibility index (Phi) is 7.23. The minimum atomic E-state index is -4.92. The number of ether oxygens (including phenoxy) is 1. The summed E-state index contributed by atoms with van der Waals surface area (Å²) < 4.78 is 84.3. The molecule has 2 aromatic rings. The number of carbonyl (C=O) groups excluding carboxylic acids is 1. The lowest BCUT2D eigenvalue weighted by atomic mass is 9.73. The molecule has 33 heavy (non-hydrogen) atoms. The molecule has 11 heteroatoms. The predicted octanol–water partition coefficient (Wildman–Crippen LogP) is 4.86. The third-order valence-electron chi connectivity index (χ3n) is 5.67. The lowest BCUT2D eigenvalue weighted by molar-refractivity contribution is -0.143. The van der Waals surface area contributed by atoms with E-state index in [1.54, 1.807) is 5.01 Å². The van der Waals surface area contributed by atoms with E-state index in [0.717, 1.165) is 5.56 Å². The number of nitrogens with zero attached hydrogens (tertiary/aromatic N) is 1. The van der Waals surface area contributed by atoms with Gasteiger partial charge >= 0.3 is 18.4 Å². The number of rotatable bonds is 6. The van der Waals surface area contributed by atoms with Gasteiger partial charge in [-0.25, -0.2) is 9.80 Å². The van der Waals surface area contributed by atoms with Crippen LogP contribution < -0.4 is 11.2 Å². The summed E-state index contributed by atoms with van der Waals surface area (Å²) in [6, 6.07) is 10.1. The number of piperidine rings is 1. The highest BCUT2D eigenvalue weighted by Gasteiger charge is 2.38. The summed E-state index contributed by atoms with van der Waals surface area (Å²) >= 11 is 0. The summed E-state index contributed by atoms with van der Waals surface area (Å²) in [6.07, 6.45) is -8.76. The van der Waals surface area contributed by atoms with Crippen molar-refractivity contribution in [3.8, 4) is 0 Å². The third-order valence-corrected chi connectivity index (χ3v) is 5.67. The molecule has 3 N–H and O–H groups in total. The fourth-order valence-electron chi connectivity index (χ4n) is 3.98. The molecule has 1 aliphatic rings. The van der Waals surface area contributed by atoms with Gasteiger partial charge in [-0.2, -0.15) is 26.3 Å². The number of hydrogen-bond donors (Lipinski definition) is 2. The van der Waals surface area contributed by atoms with E-state index in [2.05, 4.69) is 5.43 Å². The molecule has 2 aromatic carbocycles. The molecule has 0 aromatic heterocycles. The Balaban J connectivity index is 1.78. The van der Waals surface area contributed by atoms with E-state index < -0.39 is 41.5 Å². The van der Waals surface area contributed by atoms with E-state index in [1.807, 2.05) is 30.3 Å². The van der Waals surface area contributed by atoms with Crippen LogP contribution in [-0.4, -0.2) is 30.7 Å². The van der Waals surface area contributed by atoms with Crippen molar-refractivity contribution in [3.63, 3.8) is 0 Å². The molecular formula is C22H23F6N3O2. The van der Waals surface area contributed by atoms with Crippen LogP contribution in [-0.2, 0) is 29.1 Å². The maximum atomic E-state index is 13.1. The van der Waals surface area contributed by atoms with Gasteiger partial charge in [-0.05, 0) is 42.2 Å². The number of halogens is 6. The van der Waals surface area contributed by atoms with Gasteiger partial charge in [0.1, 0.15) is 0 Å². The molecule has 5 nitrogen and oxygen atoms in total. The van der Waals surface area contributed by atoms with E-state index in [-0.39, 0.29) is 18.2 Å². The first-order valence-electron chi connectivity index (χ1n) is 10.1. The van der Waals surface area contributed by atoms with Gasteiger partial charge in [-0.3, -0.25) is 5.43 Å². The molecule has 0 saturated carbocycles. The summed E-state index contributed by atoms with van der Waals surface area (Å²) in [5.41, 5.74) is 5.11. The molecule has 0 aliphatic carbocycles. The molecule has 0 atom stereocenters. The van der Waals surface area contributed by atoms with Crippen LogP contribution in [0, 0.1) is 0 Å². The van der Waals surface area contributed by atoms with Crippen LogP contribution in [0.25, 0.3) is 0 Å². The smallest absolute Gasteiger partial charge is 0.376 e. The highest BCUT2D eigenvalue weighted by molar-refractivity contribution is 5.70. The quantitative estimate of drug-likeness (QED) is 0.587. The zero-order valence-corrected chi connectivity index (χ0v) is 17.5. The molecular weight excluding hydrogens is 452 g/mol. The lowest BCUT2D eigenvalue weighted by Crippen LogP contribution is -2.53. The summed E-state index contributed by atoms with van der Waals surface area (Å²) in [5.74, 6) is 0. The van der Waals surface area contributed by atoms with Gasteiger partial charge in [0.15, 0.2) is 0 Å². The first kappa shape index (κ1) is 24.8. The number of benzene rings is 2.